The minimum atomic E-state index is 0.317. The first-order valence-electron chi connectivity index (χ1n) is 2.97. The fourth-order valence-corrected chi connectivity index (χ4v) is 7.50. The normalized spacial score (nSPS) is 39.8. The second-order valence-electron chi connectivity index (χ2n) is 1.96. The topological polar surface area (TPSA) is 17.1 Å². The predicted molar refractivity (Wildman–Crippen MR) is 53.1 cm³/mol. The molecule has 2 fully saturated rings. The fraction of sp³-hybridized carbons (Fsp3) is 0.800. The van der Waals surface area contributed by atoms with Gasteiger partial charge in [-0.25, -0.2) is 0 Å². The maximum Gasteiger partial charge on any atom is 0.248 e. The van der Waals surface area contributed by atoms with Crippen LogP contribution in [0.3, 0.4) is 0 Å². The lowest BCUT2D eigenvalue weighted by molar-refractivity contribution is 0.277. The molecule has 0 radical (unpaired) electrons. The zero-order valence-electron chi connectivity index (χ0n) is 5.11. The van der Waals surface area contributed by atoms with Crippen molar-refractivity contribution in [2.45, 2.75) is 9.16 Å². The van der Waals surface area contributed by atoms with Crippen LogP contribution in [0.1, 0.15) is 0 Å². The highest BCUT2D eigenvalue weighted by molar-refractivity contribution is 8.49. The molecular weight excluding hydrogens is 204 g/mol. The van der Waals surface area contributed by atoms with Gasteiger partial charge >= 0.3 is 0 Å². The first-order valence-corrected chi connectivity index (χ1v) is 6.82. The summed E-state index contributed by atoms with van der Waals surface area (Å²) in [5.74, 6) is 2.43. The number of fused-ring (bicyclic) bond motifs is 1. The Balaban J connectivity index is 2.04. The summed E-state index contributed by atoms with van der Waals surface area (Å²) >= 11 is 6.91. The third-order valence-electron chi connectivity index (χ3n) is 1.29. The molecule has 2 aliphatic heterocycles. The summed E-state index contributed by atoms with van der Waals surface area (Å²) < 4.78 is 1.42. The maximum absolute atomic E-state index is 10.9. The van der Waals surface area contributed by atoms with Crippen molar-refractivity contribution in [3.8, 4) is 0 Å². The molecule has 10 heavy (non-hydrogen) atoms. The molecule has 0 aromatic heterocycles. The van der Waals surface area contributed by atoms with Gasteiger partial charge in [-0.05, 0) is 0 Å². The van der Waals surface area contributed by atoms with Crippen LogP contribution in [0.25, 0.3) is 0 Å². The third kappa shape index (κ3) is 1.47. The van der Waals surface area contributed by atoms with Gasteiger partial charge in [0.05, 0.1) is 9.16 Å². The molecule has 0 aromatic rings. The Labute approximate surface area is 76.8 Å². The molecule has 56 valence electrons. The molecule has 0 aromatic carbocycles. The van der Waals surface area contributed by atoms with Crippen LogP contribution in [0, 0.1) is 0 Å². The van der Waals surface area contributed by atoms with E-state index in [9.17, 15) is 4.79 Å². The molecule has 0 saturated carbocycles. The molecule has 2 unspecified atom stereocenters. The number of carbonyl (C=O) groups excluding carboxylic acids is 1. The summed E-state index contributed by atoms with van der Waals surface area (Å²) in [6, 6.07) is 0. The summed E-state index contributed by atoms with van der Waals surface area (Å²) in [5, 5.41) is 0. The molecule has 2 atom stereocenters. The number of hydrogen-bond acceptors (Lipinski definition) is 5. The largest absolute Gasteiger partial charge is 0.274 e. The Morgan fingerprint density at radius 1 is 1.10 bits per heavy atom. The van der Waals surface area contributed by atoms with E-state index in [1.54, 1.807) is 0 Å². The van der Waals surface area contributed by atoms with Crippen LogP contribution >= 0.6 is 47.0 Å². The van der Waals surface area contributed by atoms with Crippen molar-refractivity contribution in [1.29, 1.82) is 0 Å². The molecule has 5 heteroatoms. The van der Waals surface area contributed by atoms with E-state index in [1.807, 2.05) is 23.5 Å². The van der Waals surface area contributed by atoms with E-state index in [0.29, 0.717) is 13.6 Å². The predicted octanol–water partition coefficient (Wildman–Crippen LogP) is 2.72. The Bertz CT molecular complexity index is 144. The molecule has 2 heterocycles. The molecule has 0 N–H and O–H groups in total. The summed E-state index contributed by atoms with van der Waals surface area (Å²) in [5.41, 5.74) is 0. The summed E-state index contributed by atoms with van der Waals surface area (Å²) in [6.07, 6.45) is 0. The van der Waals surface area contributed by atoms with E-state index in [0.717, 1.165) is 0 Å². The fourth-order valence-electron chi connectivity index (χ4n) is 0.882. The van der Waals surface area contributed by atoms with Gasteiger partial charge in [-0.15, -0.1) is 23.5 Å². The Morgan fingerprint density at radius 3 is 2.10 bits per heavy atom. The summed E-state index contributed by atoms with van der Waals surface area (Å²) in [6.45, 7) is 0. The van der Waals surface area contributed by atoms with Gasteiger partial charge in [-0.2, -0.15) is 0 Å². The number of carbonyl (C=O) groups is 1. The van der Waals surface area contributed by atoms with Crippen LogP contribution in [-0.2, 0) is 0 Å². The Morgan fingerprint density at radius 2 is 1.60 bits per heavy atom. The van der Waals surface area contributed by atoms with E-state index in [2.05, 4.69) is 0 Å². The lowest BCUT2D eigenvalue weighted by atomic mass is 10.9. The Hall–Kier alpha value is 1.07. The first kappa shape index (κ1) is 7.71. The average molecular weight is 210 g/mol. The third-order valence-corrected chi connectivity index (χ3v) is 7.69. The van der Waals surface area contributed by atoms with Gasteiger partial charge in [0.2, 0.25) is 4.45 Å². The summed E-state index contributed by atoms with van der Waals surface area (Å²) in [7, 11) is 0. The molecule has 0 aliphatic carbocycles. The molecule has 2 saturated heterocycles. The monoisotopic (exact) mass is 210 g/mol. The highest BCUT2D eigenvalue weighted by Crippen LogP contribution is 2.51. The number of hydrogen-bond donors (Lipinski definition) is 0. The molecule has 0 bridgehead atoms. The van der Waals surface area contributed by atoms with E-state index < -0.39 is 0 Å². The zero-order valence-corrected chi connectivity index (χ0v) is 8.38. The molecule has 0 amide bonds. The highest BCUT2D eigenvalue weighted by Gasteiger charge is 2.37. The van der Waals surface area contributed by atoms with Crippen LogP contribution in [0.4, 0.5) is 4.79 Å². The first-order chi connectivity index (χ1) is 4.86. The number of thioether (sulfide) groups is 4. The van der Waals surface area contributed by atoms with Crippen LogP contribution in [0.2, 0.25) is 0 Å². The van der Waals surface area contributed by atoms with Gasteiger partial charge in [0.25, 0.3) is 0 Å². The van der Waals surface area contributed by atoms with Gasteiger partial charge in [-0.1, -0.05) is 23.5 Å². The average Bonchev–Trinajstić information content (AvgIpc) is 2.27. The van der Waals surface area contributed by atoms with Crippen molar-refractivity contribution in [2.24, 2.45) is 0 Å². The van der Waals surface area contributed by atoms with Gasteiger partial charge in [0, 0.05) is 11.5 Å². The minimum Gasteiger partial charge on any atom is -0.274 e. The van der Waals surface area contributed by atoms with Crippen molar-refractivity contribution < 1.29 is 4.79 Å². The van der Waals surface area contributed by atoms with Gasteiger partial charge < -0.3 is 0 Å². The van der Waals surface area contributed by atoms with Gasteiger partial charge in [0.15, 0.2) is 0 Å². The van der Waals surface area contributed by atoms with Crippen molar-refractivity contribution in [3.63, 3.8) is 0 Å². The van der Waals surface area contributed by atoms with Gasteiger partial charge in [-0.3, -0.25) is 4.79 Å². The van der Waals surface area contributed by atoms with E-state index in [1.165, 1.54) is 35.0 Å². The molecule has 1 nitrogen and oxygen atoms in total. The van der Waals surface area contributed by atoms with E-state index in [4.69, 9.17) is 0 Å². The van der Waals surface area contributed by atoms with E-state index in [-0.39, 0.29) is 0 Å². The zero-order chi connectivity index (χ0) is 6.97. The lowest BCUT2D eigenvalue weighted by Crippen LogP contribution is -2.14. The van der Waals surface area contributed by atoms with Crippen LogP contribution in [0.5, 0.6) is 0 Å². The summed E-state index contributed by atoms with van der Waals surface area (Å²) in [4.78, 5) is 10.9. The minimum absolute atomic E-state index is 0.317. The highest BCUT2D eigenvalue weighted by atomic mass is 32.3. The van der Waals surface area contributed by atoms with Crippen molar-refractivity contribution in [2.75, 3.05) is 11.5 Å². The maximum atomic E-state index is 10.9. The van der Waals surface area contributed by atoms with Crippen molar-refractivity contribution in [1.82, 2.24) is 0 Å². The smallest absolute Gasteiger partial charge is 0.248 e. The lowest BCUT2D eigenvalue weighted by Gasteiger charge is -2.20. The molecule has 2 aliphatic rings. The molecular formula is C5H6OS4. The standard InChI is InChI=1S/C5H6OS4/c6-5-9-3-4(10-5)8-2-1-7-3/h3-4H,1-2H2. The van der Waals surface area contributed by atoms with Crippen molar-refractivity contribution in [3.05, 3.63) is 0 Å². The van der Waals surface area contributed by atoms with Crippen LogP contribution < -0.4 is 0 Å². The van der Waals surface area contributed by atoms with Gasteiger partial charge in [0.1, 0.15) is 0 Å². The van der Waals surface area contributed by atoms with E-state index >= 15 is 0 Å². The molecule has 2 rings (SSSR count). The quantitative estimate of drug-likeness (QED) is 0.609. The van der Waals surface area contributed by atoms with Crippen molar-refractivity contribution >= 4 is 51.5 Å². The SMILES string of the molecule is O=C1SC2SCCSC2S1. The Kier molecular flexibility index (Phi) is 2.47. The second kappa shape index (κ2) is 3.21. The number of rotatable bonds is 0. The second-order valence-corrected chi connectivity index (χ2v) is 7.55. The molecule has 0 spiro atoms. The van der Waals surface area contributed by atoms with Crippen LogP contribution in [0.15, 0.2) is 0 Å². The van der Waals surface area contributed by atoms with Crippen LogP contribution in [-0.4, -0.2) is 25.1 Å².